The SMILES string of the molecule is CCCCSC(C)(C(C)=O)C(C)(C)C(=O)O. The summed E-state index contributed by atoms with van der Waals surface area (Å²) in [5.74, 6) is -0.168. The van der Waals surface area contributed by atoms with Crippen molar-refractivity contribution in [1.82, 2.24) is 0 Å². The van der Waals surface area contributed by atoms with Gasteiger partial charge in [-0.15, -0.1) is 11.8 Å². The van der Waals surface area contributed by atoms with Gasteiger partial charge < -0.3 is 5.11 Å². The third-order valence-electron chi connectivity index (χ3n) is 3.29. The van der Waals surface area contributed by atoms with Gasteiger partial charge in [0.05, 0.1) is 10.2 Å². The lowest BCUT2D eigenvalue weighted by atomic mass is 9.77. The molecular weight excluding hydrogens is 224 g/mol. The van der Waals surface area contributed by atoms with Gasteiger partial charge in [-0.2, -0.15) is 0 Å². The second kappa shape index (κ2) is 5.71. The number of carbonyl (C=O) groups excluding carboxylic acids is 1. The number of carboxylic acid groups (broad SMARTS) is 1. The Morgan fingerprint density at radius 1 is 1.25 bits per heavy atom. The van der Waals surface area contributed by atoms with E-state index in [1.807, 2.05) is 0 Å². The number of hydrogen-bond acceptors (Lipinski definition) is 3. The maximum atomic E-state index is 11.7. The lowest BCUT2D eigenvalue weighted by molar-refractivity contribution is -0.151. The number of thioether (sulfide) groups is 1. The molecule has 0 aromatic rings. The molecule has 3 nitrogen and oxygen atoms in total. The van der Waals surface area contributed by atoms with E-state index in [-0.39, 0.29) is 5.78 Å². The summed E-state index contributed by atoms with van der Waals surface area (Å²) in [5.41, 5.74) is -1.04. The molecule has 94 valence electrons. The van der Waals surface area contributed by atoms with Gasteiger partial charge in [0.1, 0.15) is 5.78 Å². The summed E-state index contributed by atoms with van der Waals surface area (Å²) in [6.45, 7) is 8.53. The Kier molecular flexibility index (Phi) is 5.53. The molecule has 0 aliphatic carbocycles. The predicted molar refractivity (Wildman–Crippen MR) is 67.9 cm³/mol. The van der Waals surface area contributed by atoms with Crippen LogP contribution in [0.25, 0.3) is 0 Å². The van der Waals surface area contributed by atoms with Crippen molar-refractivity contribution in [3.63, 3.8) is 0 Å². The molecule has 16 heavy (non-hydrogen) atoms. The molecule has 1 atom stereocenters. The first-order valence-electron chi connectivity index (χ1n) is 5.58. The molecular formula is C12H22O3S. The largest absolute Gasteiger partial charge is 0.481 e. The molecule has 4 heteroatoms. The Morgan fingerprint density at radius 3 is 2.06 bits per heavy atom. The molecule has 0 radical (unpaired) electrons. The van der Waals surface area contributed by atoms with E-state index < -0.39 is 16.1 Å². The van der Waals surface area contributed by atoms with E-state index >= 15 is 0 Å². The first-order valence-corrected chi connectivity index (χ1v) is 6.57. The van der Waals surface area contributed by atoms with Gasteiger partial charge in [-0.25, -0.2) is 0 Å². The summed E-state index contributed by atoms with van der Waals surface area (Å²) < 4.78 is -0.853. The monoisotopic (exact) mass is 246 g/mol. The molecule has 0 fully saturated rings. The molecule has 0 amide bonds. The highest BCUT2D eigenvalue weighted by molar-refractivity contribution is 8.01. The van der Waals surface area contributed by atoms with Crippen molar-refractivity contribution in [1.29, 1.82) is 0 Å². The van der Waals surface area contributed by atoms with Crippen molar-refractivity contribution in [3.8, 4) is 0 Å². The van der Waals surface area contributed by atoms with Crippen LogP contribution < -0.4 is 0 Å². The van der Waals surface area contributed by atoms with Gasteiger partial charge in [0.2, 0.25) is 0 Å². The number of aliphatic carboxylic acids is 1. The summed E-state index contributed by atoms with van der Waals surface area (Å²) in [6.07, 6.45) is 2.05. The van der Waals surface area contributed by atoms with E-state index in [4.69, 9.17) is 0 Å². The van der Waals surface area contributed by atoms with Crippen LogP contribution in [-0.2, 0) is 9.59 Å². The minimum Gasteiger partial charge on any atom is -0.481 e. The molecule has 0 rings (SSSR count). The van der Waals surface area contributed by atoms with Crippen LogP contribution in [0.2, 0.25) is 0 Å². The Balaban J connectivity index is 4.96. The van der Waals surface area contributed by atoms with E-state index in [2.05, 4.69) is 6.92 Å². The molecule has 0 saturated heterocycles. The summed E-state index contributed by atoms with van der Waals surface area (Å²) >= 11 is 1.46. The van der Waals surface area contributed by atoms with Gasteiger partial charge in [-0.3, -0.25) is 9.59 Å². The number of carboxylic acids is 1. The standard InChI is InChI=1S/C12H22O3S/c1-6-7-8-16-12(5,9(2)13)11(3,4)10(14)15/h6-8H2,1-5H3,(H,14,15). The molecule has 1 unspecified atom stereocenters. The smallest absolute Gasteiger partial charge is 0.310 e. The number of Topliss-reactive ketones (excluding diaryl/α,β-unsaturated/α-hetero) is 1. The minimum absolute atomic E-state index is 0.0685. The fraction of sp³-hybridized carbons (Fsp3) is 0.833. The van der Waals surface area contributed by atoms with E-state index in [0.29, 0.717) is 0 Å². The highest BCUT2D eigenvalue weighted by atomic mass is 32.2. The molecule has 0 heterocycles. The Hall–Kier alpha value is -0.510. The Labute approximate surface area is 102 Å². The average Bonchev–Trinajstić information content (AvgIpc) is 2.17. The zero-order chi connectivity index (χ0) is 13.0. The van der Waals surface area contributed by atoms with E-state index in [1.165, 1.54) is 18.7 Å². The highest BCUT2D eigenvalue weighted by Crippen LogP contribution is 2.43. The van der Waals surface area contributed by atoms with Gasteiger partial charge in [0, 0.05) is 0 Å². The van der Waals surface area contributed by atoms with Crippen molar-refractivity contribution in [3.05, 3.63) is 0 Å². The first-order chi connectivity index (χ1) is 7.20. The van der Waals surface area contributed by atoms with Crippen molar-refractivity contribution >= 4 is 23.5 Å². The van der Waals surface area contributed by atoms with Crippen molar-refractivity contribution in [2.24, 2.45) is 5.41 Å². The van der Waals surface area contributed by atoms with Crippen LogP contribution in [0.15, 0.2) is 0 Å². The van der Waals surface area contributed by atoms with Crippen molar-refractivity contribution in [2.45, 2.75) is 52.2 Å². The van der Waals surface area contributed by atoms with Crippen molar-refractivity contribution < 1.29 is 14.7 Å². The second-order valence-electron chi connectivity index (χ2n) is 4.72. The Morgan fingerprint density at radius 2 is 1.75 bits per heavy atom. The van der Waals surface area contributed by atoms with Gasteiger partial charge in [-0.05, 0) is 39.9 Å². The molecule has 0 aliphatic rings. The number of hydrogen-bond donors (Lipinski definition) is 1. The minimum atomic E-state index is -1.04. The third-order valence-corrected chi connectivity index (χ3v) is 5.16. The second-order valence-corrected chi connectivity index (χ2v) is 6.24. The number of unbranched alkanes of at least 4 members (excludes halogenated alkanes) is 1. The van der Waals surface area contributed by atoms with Gasteiger partial charge in [-0.1, -0.05) is 13.3 Å². The third kappa shape index (κ3) is 3.00. The van der Waals surface area contributed by atoms with Gasteiger partial charge >= 0.3 is 5.97 Å². The molecule has 0 saturated carbocycles. The molecule has 0 bridgehead atoms. The maximum absolute atomic E-state index is 11.7. The predicted octanol–water partition coefficient (Wildman–Crippen LogP) is 2.98. The van der Waals surface area contributed by atoms with Crippen LogP contribution in [0.4, 0.5) is 0 Å². The summed E-state index contributed by atoms with van der Waals surface area (Å²) in [7, 11) is 0. The molecule has 0 aromatic heterocycles. The zero-order valence-electron chi connectivity index (χ0n) is 10.8. The normalized spacial score (nSPS) is 15.6. The lowest BCUT2D eigenvalue weighted by Crippen LogP contribution is -2.50. The molecule has 0 spiro atoms. The van der Waals surface area contributed by atoms with Crippen LogP contribution in [0, 0.1) is 5.41 Å². The van der Waals surface area contributed by atoms with Crippen LogP contribution in [-0.4, -0.2) is 27.4 Å². The fourth-order valence-electron chi connectivity index (χ4n) is 1.35. The van der Waals surface area contributed by atoms with Crippen LogP contribution in [0.1, 0.15) is 47.5 Å². The van der Waals surface area contributed by atoms with E-state index in [1.54, 1.807) is 20.8 Å². The topological polar surface area (TPSA) is 54.4 Å². The van der Waals surface area contributed by atoms with Crippen molar-refractivity contribution in [2.75, 3.05) is 5.75 Å². The number of rotatable bonds is 7. The quantitative estimate of drug-likeness (QED) is 0.702. The van der Waals surface area contributed by atoms with Crippen LogP contribution >= 0.6 is 11.8 Å². The summed E-state index contributed by atoms with van der Waals surface area (Å²) in [6, 6.07) is 0. The average molecular weight is 246 g/mol. The fourth-order valence-corrected chi connectivity index (χ4v) is 2.84. The maximum Gasteiger partial charge on any atom is 0.310 e. The zero-order valence-corrected chi connectivity index (χ0v) is 11.6. The van der Waals surface area contributed by atoms with Gasteiger partial charge in [0.15, 0.2) is 0 Å². The highest BCUT2D eigenvalue weighted by Gasteiger charge is 2.50. The first kappa shape index (κ1) is 15.5. The molecule has 1 N–H and O–H groups in total. The van der Waals surface area contributed by atoms with E-state index in [9.17, 15) is 14.7 Å². The lowest BCUT2D eigenvalue weighted by Gasteiger charge is -2.38. The summed E-state index contributed by atoms with van der Waals surface area (Å²) in [4.78, 5) is 23.0. The van der Waals surface area contributed by atoms with E-state index in [0.717, 1.165) is 18.6 Å². The number of carbonyl (C=O) groups is 2. The number of ketones is 1. The summed E-state index contributed by atoms with van der Waals surface area (Å²) in [5, 5.41) is 9.22. The Bertz CT molecular complexity index is 273. The van der Waals surface area contributed by atoms with Crippen LogP contribution in [0.5, 0.6) is 0 Å². The van der Waals surface area contributed by atoms with Crippen LogP contribution in [0.3, 0.4) is 0 Å². The van der Waals surface area contributed by atoms with Gasteiger partial charge in [0.25, 0.3) is 0 Å². The molecule has 0 aromatic carbocycles. The molecule has 0 aliphatic heterocycles.